The average Bonchev–Trinajstić information content (AvgIpc) is 2.92. The molecule has 1 aliphatic rings. The summed E-state index contributed by atoms with van der Waals surface area (Å²) in [4.78, 5) is 12.3. The van der Waals surface area contributed by atoms with Crippen LogP contribution < -0.4 is 11.1 Å². The van der Waals surface area contributed by atoms with E-state index in [1.807, 2.05) is 36.4 Å². The van der Waals surface area contributed by atoms with E-state index in [0.29, 0.717) is 6.54 Å². The average molecular weight is 266 g/mol. The van der Waals surface area contributed by atoms with Crippen LogP contribution in [0.15, 0.2) is 48.5 Å². The third-order valence-electron chi connectivity index (χ3n) is 3.88. The van der Waals surface area contributed by atoms with Crippen LogP contribution >= 0.6 is 0 Å². The predicted molar refractivity (Wildman–Crippen MR) is 80.3 cm³/mol. The molecule has 2 aromatic carbocycles. The zero-order chi connectivity index (χ0) is 13.9. The Morgan fingerprint density at radius 1 is 1.05 bits per heavy atom. The first kappa shape index (κ1) is 12.9. The van der Waals surface area contributed by atoms with E-state index in [-0.39, 0.29) is 11.8 Å². The number of carbonyl (C=O) groups excluding carboxylic acids is 1. The second-order valence-corrected chi connectivity index (χ2v) is 5.26. The van der Waals surface area contributed by atoms with E-state index in [2.05, 4.69) is 17.4 Å². The molecule has 0 heterocycles. The van der Waals surface area contributed by atoms with Crippen molar-refractivity contribution in [2.24, 2.45) is 11.7 Å². The maximum atomic E-state index is 12.3. The molecule has 0 spiro atoms. The first-order chi connectivity index (χ1) is 9.76. The maximum absolute atomic E-state index is 12.3. The molecule has 0 atom stereocenters. The molecule has 0 saturated carbocycles. The molecule has 1 aliphatic carbocycles. The molecule has 102 valence electrons. The van der Waals surface area contributed by atoms with Crippen LogP contribution in [-0.4, -0.2) is 5.91 Å². The van der Waals surface area contributed by atoms with Crippen LogP contribution in [0.5, 0.6) is 0 Å². The maximum Gasteiger partial charge on any atom is 0.228 e. The lowest BCUT2D eigenvalue weighted by Gasteiger charge is -2.10. The first-order valence-corrected chi connectivity index (χ1v) is 6.93. The minimum Gasteiger partial charge on any atom is -0.326 e. The highest BCUT2D eigenvalue weighted by Crippen LogP contribution is 2.27. The Morgan fingerprint density at radius 3 is 2.20 bits per heavy atom. The number of hydrogen-bond donors (Lipinski definition) is 2. The van der Waals surface area contributed by atoms with Crippen molar-refractivity contribution in [3.63, 3.8) is 0 Å². The van der Waals surface area contributed by atoms with Gasteiger partial charge in [-0.25, -0.2) is 0 Å². The lowest BCUT2D eigenvalue weighted by atomic mass is 10.1. The van der Waals surface area contributed by atoms with Gasteiger partial charge in [-0.05, 0) is 41.7 Å². The molecule has 3 nitrogen and oxygen atoms in total. The number of amides is 1. The molecule has 3 rings (SSSR count). The van der Waals surface area contributed by atoms with E-state index in [1.165, 1.54) is 11.1 Å². The standard InChI is InChI=1S/C17H18N2O/c18-11-12-5-7-16(8-6-12)19-17(20)15-9-13-3-1-2-4-14(13)10-15/h1-8,15H,9-11,18H2,(H,19,20). The Hall–Kier alpha value is -2.13. The second kappa shape index (κ2) is 5.47. The molecule has 0 bridgehead atoms. The highest BCUT2D eigenvalue weighted by molar-refractivity contribution is 5.93. The molecule has 0 unspecified atom stereocenters. The van der Waals surface area contributed by atoms with Gasteiger partial charge in [-0.2, -0.15) is 0 Å². The Bertz CT molecular complexity index is 594. The molecule has 0 aliphatic heterocycles. The number of benzene rings is 2. The zero-order valence-electron chi connectivity index (χ0n) is 11.3. The number of carbonyl (C=O) groups is 1. The number of nitrogens with two attached hydrogens (primary N) is 1. The summed E-state index contributed by atoms with van der Waals surface area (Å²) in [5.41, 5.74) is 10.1. The van der Waals surface area contributed by atoms with E-state index < -0.39 is 0 Å². The van der Waals surface area contributed by atoms with Crippen molar-refractivity contribution < 1.29 is 4.79 Å². The number of nitrogens with one attached hydrogen (secondary N) is 1. The molecule has 0 saturated heterocycles. The number of hydrogen-bond acceptors (Lipinski definition) is 2. The predicted octanol–water partition coefficient (Wildman–Crippen LogP) is 2.50. The van der Waals surface area contributed by atoms with Crippen molar-refractivity contribution >= 4 is 11.6 Å². The van der Waals surface area contributed by atoms with Crippen molar-refractivity contribution in [2.75, 3.05) is 5.32 Å². The minimum absolute atomic E-state index is 0.0431. The molecule has 0 fully saturated rings. The molecule has 20 heavy (non-hydrogen) atoms. The highest BCUT2D eigenvalue weighted by atomic mass is 16.1. The summed E-state index contributed by atoms with van der Waals surface area (Å²) in [5, 5.41) is 2.99. The van der Waals surface area contributed by atoms with Crippen LogP contribution in [0.3, 0.4) is 0 Å². The lowest BCUT2D eigenvalue weighted by molar-refractivity contribution is -0.119. The Balaban J connectivity index is 1.66. The van der Waals surface area contributed by atoms with Crippen molar-refractivity contribution in [2.45, 2.75) is 19.4 Å². The summed E-state index contributed by atoms with van der Waals surface area (Å²) in [6.07, 6.45) is 1.67. The van der Waals surface area contributed by atoms with Crippen molar-refractivity contribution in [1.29, 1.82) is 0 Å². The summed E-state index contributed by atoms with van der Waals surface area (Å²) in [6, 6.07) is 16.0. The van der Waals surface area contributed by atoms with Crippen LogP contribution in [0.4, 0.5) is 5.69 Å². The van der Waals surface area contributed by atoms with Crippen molar-refractivity contribution in [1.82, 2.24) is 0 Å². The van der Waals surface area contributed by atoms with Crippen molar-refractivity contribution in [3.8, 4) is 0 Å². The largest absolute Gasteiger partial charge is 0.326 e. The minimum atomic E-state index is 0.0431. The quantitative estimate of drug-likeness (QED) is 0.896. The third-order valence-corrected chi connectivity index (χ3v) is 3.88. The molecule has 3 heteroatoms. The molecular weight excluding hydrogens is 248 g/mol. The summed E-state index contributed by atoms with van der Waals surface area (Å²) in [7, 11) is 0. The topological polar surface area (TPSA) is 55.1 Å². The van der Waals surface area contributed by atoms with Gasteiger partial charge in [0.15, 0.2) is 0 Å². The third kappa shape index (κ3) is 2.58. The molecule has 2 aromatic rings. The summed E-state index contributed by atoms with van der Waals surface area (Å²) >= 11 is 0. The SMILES string of the molecule is NCc1ccc(NC(=O)C2Cc3ccccc3C2)cc1. The molecule has 3 N–H and O–H groups in total. The first-order valence-electron chi connectivity index (χ1n) is 6.93. The lowest BCUT2D eigenvalue weighted by Crippen LogP contribution is -2.23. The van der Waals surface area contributed by atoms with E-state index in [4.69, 9.17) is 5.73 Å². The summed E-state index contributed by atoms with van der Waals surface area (Å²) < 4.78 is 0. The van der Waals surface area contributed by atoms with Crippen molar-refractivity contribution in [3.05, 3.63) is 65.2 Å². The van der Waals surface area contributed by atoms with Crippen LogP contribution in [0.2, 0.25) is 0 Å². The Kier molecular flexibility index (Phi) is 3.52. The van der Waals surface area contributed by atoms with Gasteiger partial charge in [-0.15, -0.1) is 0 Å². The van der Waals surface area contributed by atoms with Gasteiger partial charge in [0, 0.05) is 18.2 Å². The number of rotatable bonds is 3. The van der Waals surface area contributed by atoms with E-state index >= 15 is 0 Å². The van der Waals surface area contributed by atoms with Crippen LogP contribution in [-0.2, 0) is 24.2 Å². The van der Waals surface area contributed by atoms with Gasteiger partial charge in [0.2, 0.25) is 5.91 Å². The van der Waals surface area contributed by atoms with Gasteiger partial charge < -0.3 is 11.1 Å². The summed E-state index contributed by atoms with van der Waals surface area (Å²) in [5.74, 6) is 0.142. The fourth-order valence-corrected chi connectivity index (χ4v) is 2.71. The molecule has 1 amide bonds. The smallest absolute Gasteiger partial charge is 0.228 e. The van der Waals surface area contributed by atoms with Gasteiger partial charge in [0.1, 0.15) is 0 Å². The molecule has 0 aromatic heterocycles. The van der Waals surface area contributed by atoms with Crippen LogP contribution in [0.1, 0.15) is 16.7 Å². The molecular formula is C17H18N2O. The normalized spacial score (nSPS) is 14.1. The zero-order valence-corrected chi connectivity index (χ0v) is 11.3. The monoisotopic (exact) mass is 266 g/mol. The fraction of sp³-hybridized carbons (Fsp3) is 0.235. The fourth-order valence-electron chi connectivity index (χ4n) is 2.71. The Morgan fingerprint density at radius 2 is 1.65 bits per heavy atom. The van der Waals surface area contributed by atoms with Crippen LogP contribution in [0.25, 0.3) is 0 Å². The number of fused-ring (bicyclic) bond motifs is 1. The van der Waals surface area contributed by atoms with E-state index in [0.717, 1.165) is 24.1 Å². The molecule has 0 radical (unpaired) electrons. The van der Waals surface area contributed by atoms with Gasteiger partial charge >= 0.3 is 0 Å². The van der Waals surface area contributed by atoms with Gasteiger partial charge in [0.25, 0.3) is 0 Å². The highest BCUT2D eigenvalue weighted by Gasteiger charge is 2.26. The van der Waals surface area contributed by atoms with Crippen LogP contribution in [0, 0.1) is 5.92 Å². The van der Waals surface area contributed by atoms with Gasteiger partial charge in [0.05, 0.1) is 0 Å². The van der Waals surface area contributed by atoms with Gasteiger partial charge in [-0.3, -0.25) is 4.79 Å². The second-order valence-electron chi connectivity index (χ2n) is 5.26. The number of anilines is 1. The van der Waals surface area contributed by atoms with E-state index in [9.17, 15) is 4.79 Å². The summed E-state index contributed by atoms with van der Waals surface area (Å²) in [6.45, 7) is 0.520. The van der Waals surface area contributed by atoms with E-state index in [1.54, 1.807) is 0 Å². The Labute approximate surface area is 118 Å². The van der Waals surface area contributed by atoms with Gasteiger partial charge in [-0.1, -0.05) is 36.4 Å².